The molecular formula is C10H9NO2S. The van der Waals surface area contributed by atoms with Crippen molar-refractivity contribution < 1.29 is 9.47 Å². The summed E-state index contributed by atoms with van der Waals surface area (Å²) in [6, 6.07) is 7.48. The lowest BCUT2D eigenvalue weighted by Crippen LogP contribution is -1.89. The molecular weight excluding hydrogens is 198 g/mol. The zero-order valence-electron chi connectivity index (χ0n) is 7.64. The van der Waals surface area contributed by atoms with E-state index in [1.807, 2.05) is 29.6 Å². The number of aromatic nitrogens is 1. The fourth-order valence-electron chi connectivity index (χ4n) is 1.07. The second kappa shape index (κ2) is 4.11. The third kappa shape index (κ3) is 1.85. The van der Waals surface area contributed by atoms with Crippen molar-refractivity contribution in [3.8, 4) is 17.4 Å². The van der Waals surface area contributed by atoms with Gasteiger partial charge in [0, 0.05) is 0 Å². The monoisotopic (exact) mass is 207 g/mol. The van der Waals surface area contributed by atoms with Gasteiger partial charge in [-0.1, -0.05) is 12.1 Å². The van der Waals surface area contributed by atoms with Gasteiger partial charge < -0.3 is 9.47 Å². The molecule has 0 bridgehead atoms. The molecule has 0 unspecified atom stereocenters. The van der Waals surface area contributed by atoms with Crippen molar-refractivity contribution in [2.45, 2.75) is 0 Å². The molecule has 14 heavy (non-hydrogen) atoms. The number of hydrogen-bond donors (Lipinski definition) is 0. The molecule has 0 amide bonds. The molecule has 72 valence electrons. The number of thiazole rings is 1. The Morgan fingerprint density at radius 3 is 2.64 bits per heavy atom. The van der Waals surface area contributed by atoms with Crippen molar-refractivity contribution in [2.75, 3.05) is 7.11 Å². The Kier molecular flexibility index (Phi) is 2.65. The van der Waals surface area contributed by atoms with Crippen molar-refractivity contribution in [3.05, 3.63) is 35.2 Å². The third-order valence-corrected chi connectivity index (χ3v) is 2.26. The lowest BCUT2D eigenvalue weighted by atomic mass is 10.3. The Morgan fingerprint density at radius 1 is 1.21 bits per heavy atom. The maximum atomic E-state index is 5.51. The molecule has 0 aliphatic rings. The van der Waals surface area contributed by atoms with Gasteiger partial charge >= 0.3 is 0 Å². The van der Waals surface area contributed by atoms with Crippen LogP contribution in [-0.4, -0.2) is 12.1 Å². The van der Waals surface area contributed by atoms with E-state index in [9.17, 15) is 0 Å². The zero-order chi connectivity index (χ0) is 9.80. The van der Waals surface area contributed by atoms with E-state index in [-0.39, 0.29) is 0 Å². The van der Waals surface area contributed by atoms with Crippen LogP contribution in [0.25, 0.3) is 0 Å². The fraction of sp³-hybridized carbons (Fsp3) is 0.100. The van der Waals surface area contributed by atoms with Gasteiger partial charge in [0.25, 0.3) is 0 Å². The predicted molar refractivity (Wildman–Crippen MR) is 55.2 cm³/mol. The second-order valence-electron chi connectivity index (χ2n) is 2.58. The summed E-state index contributed by atoms with van der Waals surface area (Å²) in [5, 5.41) is 1.84. The Bertz CT molecular complexity index is 400. The second-order valence-corrected chi connectivity index (χ2v) is 3.30. The van der Waals surface area contributed by atoms with Crippen LogP contribution in [0.15, 0.2) is 35.2 Å². The van der Waals surface area contributed by atoms with Crippen LogP contribution < -0.4 is 9.47 Å². The molecule has 2 aromatic rings. The summed E-state index contributed by atoms with van der Waals surface area (Å²) in [4.78, 5) is 4.03. The summed E-state index contributed by atoms with van der Waals surface area (Å²) in [6.07, 6.45) is 0. The number of para-hydroxylation sites is 2. The molecule has 1 aromatic heterocycles. The van der Waals surface area contributed by atoms with Gasteiger partial charge in [-0.25, -0.2) is 4.98 Å². The summed E-state index contributed by atoms with van der Waals surface area (Å²) in [6.45, 7) is 0. The van der Waals surface area contributed by atoms with Gasteiger partial charge in [0.15, 0.2) is 11.5 Å². The molecule has 0 saturated carbocycles. The number of ether oxygens (including phenoxy) is 2. The number of hydrogen-bond acceptors (Lipinski definition) is 4. The highest BCUT2D eigenvalue weighted by molar-refractivity contribution is 7.07. The first-order chi connectivity index (χ1) is 6.90. The molecule has 3 nitrogen and oxygen atoms in total. The predicted octanol–water partition coefficient (Wildman–Crippen LogP) is 2.94. The molecule has 0 N–H and O–H groups in total. The summed E-state index contributed by atoms with van der Waals surface area (Å²) in [5.74, 6) is 1.99. The highest BCUT2D eigenvalue weighted by Gasteiger charge is 2.04. The quantitative estimate of drug-likeness (QED) is 0.775. The summed E-state index contributed by atoms with van der Waals surface area (Å²) < 4.78 is 10.7. The van der Waals surface area contributed by atoms with Crippen molar-refractivity contribution in [1.29, 1.82) is 0 Å². The van der Waals surface area contributed by atoms with Crippen LogP contribution in [0.4, 0.5) is 0 Å². The normalized spacial score (nSPS) is 9.79. The average Bonchev–Trinajstić information content (AvgIpc) is 2.71. The van der Waals surface area contributed by atoms with Gasteiger partial charge in [0.2, 0.25) is 5.88 Å². The first-order valence-electron chi connectivity index (χ1n) is 4.09. The van der Waals surface area contributed by atoms with Gasteiger partial charge in [-0.15, -0.1) is 11.3 Å². The van der Waals surface area contributed by atoms with Crippen LogP contribution in [0.1, 0.15) is 0 Å². The minimum atomic E-state index is 0.597. The maximum absolute atomic E-state index is 5.51. The lowest BCUT2D eigenvalue weighted by molar-refractivity contribution is 0.375. The average molecular weight is 207 g/mol. The Hall–Kier alpha value is -1.55. The van der Waals surface area contributed by atoms with E-state index < -0.39 is 0 Å². The zero-order valence-corrected chi connectivity index (χ0v) is 8.45. The molecule has 0 aliphatic heterocycles. The van der Waals surface area contributed by atoms with Crippen molar-refractivity contribution in [1.82, 2.24) is 4.98 Å². The van der Waals surface area contributed by atoms with Crippen LogP contribution in [-0.2, 0) is 0 Å². The molecule has 0 aliphatic carbocycles. The van der Waals surface area contributed by atoms with Gasteiger partial charge in [-0.2, -0.15) is 0 Å². The molecule has 0 atom stereocenters. The standard InChI is InChI=1S/C10H9NO2S/c1-12-8-4-2-3-5-9(8)13-10-6-14-7-11-10/h2-7H,1H3. The first-order valence-corrected chi connectivity index (χ1v) is 5.03. The number of nitrogens with zero attached hydrogens (tertiary/aromatic N) is 1. The van der Waals surface area contributed by atoms with Crippen molar-refractivity contribution >= 4 is 11.3 Å². The smallest absolute Gasteiger partial charge is 0.230 e. The van der Waals surface area contributed by atoms with E-state index in [0.29, 0.717) is 17.4 Å². The van der Waals surface area contributed by atoms with E-state index in [1.54, 1.807) is 12.6 Å². The first kappa shape index (κ1) is 9.02. The Labute approximate surface area is 85.9 Å². The highest BCUT2D eigenvalue weighted by atomic mass is 32.1. The third-order valence-electron chi connectivity index (χ3n) is 1.69. The van der Waals surface area contributed by atoms with Crippen molar-refractivity contribution in [2.24, 2.45) is 0 Å². The van der Waals surface area contributed by atoms with Gasteiger partial charge in [-0.05, 0) is 12.1 Å². The van der Waals surface area contributed by atoms with E-state index in [4.69, 9.17) is 9.47 Å². The summed E-state index contributed by atoms with van der Waals surface area (Å²) >= 11 is 1.50. The molecule has 4 heteroatoms. The van der Waals surface area contributed by atoms with Crippen LogP contribution in [0, 0.1) is 0 Å². The SMILES string of the molecule is COc1ccccc1Oc1cscn1. The molecule has 0 saturated heterocycles. The Morgan fingerprint density at radius 2 is 2.00 bits per heavy atom. The number of methoxy groups -OCH3 is 1. The number of rotatable bonds is 3. The topological polar surface area (TPSA) is 31.4 Å². The van der Waals surface area contributed by atoms with Gasteiger partial charge in [0.1, 0.15) is 0 Å². The molecule has 0 radical (unpaired) electrons. The van der Waals surface area contributed by atoms with Gasteiger partial charge in [-0.3, -0.25) is 0 Å². The highest BCUT2D eigenvalue weighted by Crippen LogP contribution is 2.30. The summed E-state index contributed by atoms with van der Waals surface area (Å²) in [7, 11) is 1.61. The van der Waals surface area contributed by atoms with Crippen molar-refractivity contribution in [3.63, 3.8) is 0 Å². The van der Waals surface area contributed by atoms with E-state index >= 15 is 0 Å². The summed E-state index contributed by atoms with van der Waals surface area (Å²) in [5.41, 5.74) is 1.73. The van der Waals surface area contributed by atoms with Crippen LogP contribution >= 0.6 is 11.3 Å². The molecule has 0 fully saturated rings. The minimum Gasteiger partial charge on any atom is -0.493 e. The van der Waals surface area contributed by atoms with Crippen LogP contribution in [0.5, 0.6) is 17.4 Å². The lowest BCUT2D eigenvalue weighted by Gasteiger charge is -2.06. The largest absolute Gasteiger partial charge is 0.493 e. The number of benzene rings is 1. The van der Waals surface area contributed by atoms with E-state index in [2.05, 4.69) is 4.98 Å². The minimum absolute atomic E-state index is 0.597. The van der Waals surface area contributed by atoms with Gasteiger partial charge in [0.05, 0.1) is 18.0 Å². The molecule has 1 aromatic carbocycles. The molecule has 2 rings (SSSR count). The Balaban J connectivity index is 2.24. The van der Waals surface area contributed by atoms with E-state index in [0.717, 1.165) is 0 Å². The molecule has 0 spiro atoms. The molecule has 1 heterocycles. The maximum Gasteiger partial charge on any atom is 0.230 e. The van der Waals surface area contributed by atoms with E-state index in [1.165, 1.54) is 11.3 Å². The van der Waals surface area contributed by atoms with Crippen LogP contribution in [0.3, 0.4) is 0 Å². The van der Waals surface area contributed by atoms with Crippen LogP contribution in [0.2, 0.25) is 0 Å². The fourth-order valence-corrected chi connectivity index (χ4v) is 1.52.